The molecule has 21 heavy (non-hydrogen) atoms. The Kier molecular flexibility index (Phi) is 4.08. The summed E-state index contributed by atoms with van der Waals surface area (Å²) in [7, 11) is 0. The highest BCUT2D eigenvalue weighted by Crippen LogP contribution is 2.32. The second-order valence-corrected chi connectivity index (χ2v) is 4.04. The minimum Gasteiger partial charge on any atom is -0.439 e. The van der Waals surface area contributed by atoms with E-state index < -0.39 is 29.4 Å². The molecular weight excluding hydrogens is 295 g/mol. The molecule has 0 saturated heterocycles. The van der Waals surface area contributed by atoms with Crippen LogP contribution in [-0.2, 0) is 12.7 Å². The van der Waals surface area contributed by atoms with Crippen LogP contribution in [0.1, 0.15) is 11.3 Å². The Balaban J connectivity index is 2.39. The Morgan fingerprint density at radius 3 is 2.33 bits per heavy atom. The van der Waals surface area contributed by atoms with Crippen LogP contribution in [0.15, 0.2) is 30.3 Å². The molecule has 0 aliphatic rings. The van der Waals surface area contributed by atoms with Gasteiger partial charge in [-0.25, -0.2) is 13.8 Å². The Morgan fingerprint density at radius 2 is 1.76 bits per heavy atom. The molecule has 0 spiro atoms. The van der Waals surface area contributed by atoms with Gasteiger partial charge in [-0.2, -0.15) is 13.2 Å². The van der Waals surface area contributed by atoms with Crippen LogP contribution in [-0.4, -0.2) is 4.98 Å². The van der Waals surface area contributed by atoms with Crippen molar-refractivity contribution in [2.45, 2.75) is 12.7 Å². The molecule has 0 amide bonds. The van der Waals surface area contributed by atoms with Crippen molar-refractivity contribution in [3.8, 4) is 11.6 Å². The highest BCUT2D eigenvalue weighted by Gasteiger charge is 2.33. The third-order valence-electron chi connectivity index (χ3n) is 2.56. The van der Waals surface area contributed by atoms with Crippen molar-refractivity contribution in [2.24, 2.45) is 5.73 Å². The molecular formula is C13H9F5N2O. The number of halogens is 5. The maximum atomic E-state index is 13.1. The summed E-state index contributed by atoms with van der Waals surface area (Å²) in [5, 5.41) is 0. The van der Waals surface area contributed by atoms with Crippen LogP contribution in [0.5, 0.6) is 11.6 Å². The SMILES string of the molecule is NCc1ccc(C(F)(F)F)nc1Oc1ccc(F)c(F)c1. The summed E-state index contributed by atoms with van der Waals surface area (Å²) in [4.78, 5) is 3.32. The lowest BCUT2D eigenvalue weighted by molar-refractivity contribution is -0.141. The van der Waals surface area contributed by atoms with Crippen molar-refractivity contribution >= 4 is 0 Å². The summed E-state index contributed by atoms with van der Waals surface area (Å²) in [5.41, 5.74) is 4.41. The third kappa shape index (κ3) is 3.46. The van der Waals surface area contributed by atoms with E-state index in [1.807, 2.05) is 0 Å². The van der Waals surface area contributed by atoms with E-state index in [9.17, 15) is 22.0 Å². The number of rotatable bonds is 3. The van der Waals surface area contributed by atoms with E-state index in [4.69, 9.17) is 10.5 Å². The fourth-order valence-electron chi connectivity index (χ4n) is 1.52. The van der Waals surface area contributed by atoms with Crippen molar-refractivity contribution in [1.82, 2.24) is 4.98 Å². The molecule has 3 nitrogen and oxygen atoms in total. The summed E-state index contributed by atoms with van der Waals surface area (Å²) in [6.07, 6.45) is -4.65. The normalized spacial score (nSPS) is 11.5. The van der Waals surface area contributed by atoms with Crippen LogP contribution < -0.4 is 10.5 Å². The number of ether oxygens (including phenoxy) is 1. The van der Waals surface area contributed by atoms with Gasteiger partial charge in [-0.3, -0.25) is 0 Å². The lowest BCUT2D eigenvalue weighted by Gasteiger charge is -2.12. The van der Waals surface area contributed by atoms with Crippen molar-refractivity contribution < 1.29 is 26.7 Å². The van der Waals surface area contributed by atoms with Crippen molar-refractivity contribution in [1.29, 1.82) is 0 Å². The van der Waals surface area contributed by atoms with Gasteiger partial charge in [0.05, 0.1) is 0 Å². The number of benzene rings is 1. The number of hydrogen-bond donors (Lipinski definition) is 1. The molecule has 8 heteroatoms. The van der Waals surface area contributed by atoms with E-state index in [0.717, 1.165) is 24.3 Å². The first kappa shape index (κ1) is 15.2. The van der Waals surface area contributed by atoms with Gasteiger partial charge in [0.2, 0.25) is 5.88 Å². The summed E-state index contributed by atoms with van der Waals surface area (Å²) in [6.45, 7) is -0.121. The van der Waals surface area contributed by atoms with Crippen LogP contribution in [0.25, 0.3) is 0 Å². The lowest BCUT2D eigenvalue weighted by Crippen LogP contribution is -2.10. The molecule has 1 aromatic heterocycles. The topological polar surface area (TPSA) is 48.1 Å². The predicted molar refractivity (Wildman–Crippen MR) is 63.6 cm³/mol. The zero-order valence-electron chi connectivity index (χ0n) is 10.4. The minimum absolute atomic E-state index is 0.121. The summed E-state index contributed by atoms with van der Waals surface area (Å²) >= 11 is 0. The fraction of sp³-hybridized carbons (Fsp3) is 0.154. The second-order valence-electron chi connectivity index (χ2n) is 4.04. The Labute approximate surface area is 116 Å². The molecule has 0 bridgehead atoms. The summed E-state index contributed by atoms with van der Waals surface area (Å²) in [6, 6.07) is 4.45. The van der Waals surface area contributed by atoms with E-state index in [1.165, 1.54) is 0 Å². The predicted octanol–water partition coefficient (Wildman–Crippen LogP) is 3.63. The number of nitrogens with two attached hydrogens (primary N) is 1. The molecule has 2 N–H and O–H groups in total. The van der Waals surface area contributed by atoms with Crippen molar-refractivity contribution in [2.75, 3.05) is 0 Å². The summed E-state index contributed by atoms with van der Waals surface area (Å²) < 4.78 is 68.7. The highest BCUT2D eigenvalue weighted by molar-refractivity contribution is 5.34. The monoisotopic (exact) mass is 304 g/mol. The molecule has 0 fully saturated rings. The van der Waals surface area contributed by atoms with Gasteiger partial charge in [0.25, 0.3) is 0 Å². The molecule has 112 valence electrons. The van der Waals surface area contributed by atoms with E-state index >= 15 is 0 Å². The van der Waals surface area contributed by atoms with E-state index in [2.05, 4.69) is 4.98 Å². The molecule has 0 aliphatic carbocycles. The molecule has 0 saturated carbocycles. The second kappa shape index (κ2) is 5.65. The molecule has 1 aromatic carbocycles. The number of alkyl halides is 3. The molecule has 0 unspecified atom stereocenters. The van der Waals surface area contributed by atoms with Gasteiger partial charge < -0.3 is 10.5 Å². The first-order valence-electron chi connectivity index (χ1n) is 5.71. The third-order valence-corrected chi connectivity index (χ3v) is 2.56. The van der Waals surface area contributed by atoms with Gasteiger partial charge in [-0.1, -0.05) is 6.07 Å². The maximum Gasteiger partial charge on any atom is 0.433 e. The van der Waals surface area contributed by atoms with Gasteiger partial charge >= 0.3 is 6.18 Å². The largest absolute Gasteiger partial charge is 0.439 e. The molecule has 0 radical (unpaired) electrons. The van der Waals surface area contributed by atoms with Crippen LogP contribution in [0.3, 0.4) is 0 Å². The smallest absolute Gasteiger partial charge is 0.433 e. The molecule has 2 aromatic rings. The minimum atomic E-state index is -4.65. The van der Waals surface area contributed by atoms with Crippen molar-refractivity contribution in [3.05, 3.63) is 53.2 Å². The van der Waals surface area contributed by atoms with Gasteiger partial charge in [0.15, 0.2) is 11.6 Å². The van der Waals surface area contributed by atoms with E-state index in [-0.39, 0.29) is 17.9 Å². The zero-order chi connectivity index (χ0) is 15.6. The van der Waals surface area contributed by atoms with Gasteiger partial charge in [-0.05, 0) is 18.2 Å². The Bertz CT molecular complexity index is 657. The lowest BCUT2D eigenvalue weighted by atomic mass is 10.2. The van der Waals surface area contributed by atoms with Gasteiger partial charge in [0, 0.05) is 18.2 Å². The van der Waals surface area contributed by atoms with E-state index in [1.54, 1.807) is 0 Å². The van der Waals surface area contributed by atoms with E-state index in [0.29, 0.717) is 6.07 Å². The molecule has 1 heterocycles. The average molecular weight is 304 g/mol. The molecule has 0 aliphatic heterocycles. The fourth-order valence-corrected chi connectivity index (χ4v) is 1.52. The maximum absolute atomic E-state index is 13.1. The Hall–Kier alpha value is -2.22. The standard InChI is InChI=1S/C13H9F5N2O/c14-9-3-2-8(5-10(9)15)21-12-7(6-19)1-4-11(20-12)13(16,17)18/h1-5H,6,19H2. The van der Waals surface area contributed by atoms with Crippen molar-refractivity contribution in [3.63, 3.8) is 0 Å². The number of hydrogen-bond acceptors (Lipinski definition) is 3. The first-order chi connectivity index (χ1) is 9.81. The molecule has 2 rings (SSSR count). The molecule has 0 atom stereocenters. The Morgan fingerprint density at radius 1 is 1.05 bits per heavy atom. The van der Waals surface area contributed by atoms with Gasteiger partial charge in [0.1, 0.15) is 11.4 Å². The van der Waals surface area contributed by atoms with Crippen LogP contribution >= 0.6 is 0 Å². The first-order valence-corrected chi connectivity index (χ1v) is 5.71. The number of pyridine rings is 1. The van der Waals surface area contributed by atoms with Crippen LogP contribution in [0.4, 0.5) is 22.0 Å². The number of aromatic nitrogens is 1. The van der Waals surface area contributed by atoms with Crippen LogP contribution in [0.2, 0.25) is 0 Å². The number of nitrogens with zero attached hydrogens (tertiary/aromatic N) is 1. The zero-order valence-corrected chi connectivity index (χ0v) is 10.4. The highest BCUT2D eigenvalue weighted by atomic mass is 19.4. The average Bonchev–Trinajstić information content (AvgIpc) is 2.42. The summed E-state index contributed by atoms with van der Waals surface area (Å²) in [5.74, 6) is -2.87. The quantitative estimate of drug-likeness (QED) is 0.881. The van der Waals surface area contributed by atoms with Gasteiger partial charge in [-0.15, -0.1) is 0 Å². The van der Waals surface area contributed by atoms with Crippen LogP contribution in [0, 0.1) is 11.6 Å².